The molecule has 0 atom stereocenters. The smallest absolute Gasteiger partial charge is 0.261 e. The van der Waals surface area contributed by atoms with Crippen LogP contribution in [0, 0.1) is 0 Å². The van der Waals surface area contributed by atoms with Gasteiger partial charge >= 0.3 is 0 Å². The summed E-state index contributed by atoms with van der Waals surface area (Å²) in [5.41, 5.74) is 2.18. The molecular weight excluding hydrogens is 426 g/mol. The highest BCUT2D eigenvalue weighted by Crippen LogP contribution is 2.23. The number of benzene rings is 2. The van der Waals surface area contributed by atoms with Crippen LogP contribution in [0.4, 0.5) is 22.9 Å². The van der Waals surface area contributed by atoms with Gasteiger partial charge in [-0.15, -0.1) is 5.10 Å². The molecule has 0 unspecified atom stereocenters. The van der Waals surface area contributed by atoms with E-state index in [-0.39, 0.29) is 4.90 Å². The summed E-state index contributed by atoms with van der Waals surface area (Å²) in [7, 11) is -3.69. The van der Waals surface area contributed by atoms with Crippen molar-refractivity contribution in [1.82, 2.24) is 10.2 Å². The van der Waals surface area contributed by atoms with Crippen LogP contribution in [0.2, 0.25) is 5.02 Å². The maximum atomic E-state index is 12.5. The minimum Gasteiger partial charge on any atom is -0.378 e. The maximum absolute atomic E-state index is 12.5. The average Bonchev–Trinajstić information content (AvgIpc) is 2.76. The second kappa shape index (κ2) is 8.86. The molecule has 0 amide bonds. The SMILES string of the molecule is O=S(=O)(Nc1ccc(Nc2cc(N3CCOCC3)cnn2)cc1)c1ccc(Cl)cc1. The van der Waals surface area contributed by atoms with Crippen LogP contribution in [0.1, 0.15) is 0 Å². The molecule has 10 heteroatoms. The first-order chi connectivity index (χ1) is 14.5. The molecule has 0 bridgehead atoms. The fourth-order valence-corrected chi connectivity index (χ4v) is 4.19. The topological polar surface area (TPSA) is 96.5 Å². The number of ether oxygens (including phenoxy) is 1. The fourth-order valence-electron chi connectivity index (χ4n) is 3.01. The van der Waals surface area contributed by atoms with E-state index >= 15 is 0 Å². The van der Waals surface area contributed by atoms with Crippen molar-refractivity contribution in [3.8, 4) is 0 Å². The van der Waals surface area contributed by atoms with Gasteiger partial charge in [-0.25, -0.2) is 8.42 Å². The van der Waals surface area contributed by atoms with Gasteiger partial charge in [0.15, 0.2) is 5.82 Å². The van der Waals surface area contributed by atoms with Gasteiger partial charge in [0.2, 0.25) is 0 Å². The monoisotopic (exact) mass is 445 g/mol. The zero-order valence-corrected chi connectivity index (χ0v) is 17.5. The Bertz CT molecular complexity index is 1100. The van der Waals surface area contributed by atoms with E-state index in [1.54, 1.807) is 30.5 Å². The summed E-state index contributed by atoms with van der Waals surface area (Å²) in [6, 6.07) is 14.8. The van der Waals surface area contributed by atoms with E-state index in [1.807, 2.05) is 6.07 Å². The van der Waals surface area contributed by atoms with Crippen molar-refractivity contribution in [2.75, 3.05) is 41.2 Å². The Labute approximate surface area is 179 Å². The van der Waals surface area contributed by atoms with Crippen molar-refractivity contribution in [2.45, 2.75) is 4.90 Å². The van der Waals surface area contributed by atoms with Crippen LogP contribution in [-0.2, 0) is 14.8 Å². The standard InChI is InChI=1S/C20H20ClN5O3S/c21-15-1-7-19(8-2-15)30(27,28)25-17-5-3-16(4-6-17)23-20-13-18(14-22-24-20)26-9-11-29-12-10-26/h1-8,13-14,25H,9-12H2,(H,23,24). The van der Waals surface area contributed by atoms with E-state index in [0.29, 0.717) is 29.7 Å². The molecule has 1 aliphatic rings. The van der Waals surface area contributed by atoms with Gasteiger partial charge in [-0.05, 0) is 48.5 Å². The van der Waals surface area contributed by atoms with Crippen LogP contribution in [0.5, 0.6) is 0 Å². The van der Waals surface area contributed by atoms with E-state index in [1.165, 1.54) is 24.3 Å². The molecular formula is C20H20ClN5O3S. The number of hydrogen-bond acceptors (Lipinski definition) is 7. The number of aromatic nitrogens is 2. The number of hydrogen-bond donors (Lipinski definition) is 2. The summed E-state index contributed by atoms with van der Waals surface area (Å²) < 4.78 is 32.9. The van der Waals surface area contributed by atoms with Gasteiger partial charge in [-0.2, -0.15) is 5.10 Å². The number of nitrogens with zero attached hydrogens (tertiary/aromatic N) is 3. The molecule has 0 spiro atoms. The lowest BCUT2D eigenvalue weighted by molar-refractivity contribution is 0.122. The highest BCUT2D eigenvalue weighted by Gasteiger charge is 2.14. The minimum absolute atomic E-state index is 0.143. The van der Waals surface area contributed by atoms with E-state index in [9.17, 15) is 8.42 Å². The third kappa shape index (κ3) is 4.99. The molecule has 0 aliphatic carbocycles. The zero-order chi connectivity index (χ0) is 21.0. The molecule has 156 valence electrons. The molecule has 0 radical (unpaired) electrons. The lowest BCUT2D eigenvalue weighted by Crippen LogP contribution is -2.36. The molecule has 0 saturated carbocycles. The Morgan fingerprint density at radius 3 is 2.33 bits per heavy atom. The van der Waals surface area contributed by atoms with Crippen molar-refractivity contribution in [3.63, 3.8) is 0 Å². The number of halogens is 1. The van der Waals surface area contributed by atoms with Crippen molar-refractivity contribution in [1.29, 1.82) is 0 Å². The zero-order valence-electron chi connectivity index (χ0n) is 16.0. The Morgan fingerprint density at radius 1 is 0.967 bits per heavy atom. The van der Waals surface area contributed by atoms with Gasteiger partial charge in [-0.1, -0.05) is 11.6 Å². The van der Waals surface area contributed by atoms with E-state index in [2.05, 4.69) is 25.1 Å². The summed E-state index contributed by atoms with van der Waals surface area (Å²) in [5.74, 6) is 0.605. The first-order valence-electron chi connectivity index (χ1n) is 9.30. The van der Waals surface area contributed by atoms with Crippen LogP contribution < -0.4 is 14.9 Å². The molecule has 4 rings (SSSR count). The molecule has 3 aromatic rings. The predicted molar refractivity (Wildman–Crippen MR) is 117 cm³/mol. The Morgan fingerprint density at radius 2 is 1.63 bits per heavy atom. The first-order valence-corrected chi connectivity index (χ1v) is 11.2. The van der Waals surface area contributed by atoms with Gasteiger partial charge in [0, 0.05) is 35.6 Å². The van der Waals surface area contributed by atoms with Gasteiger partial charge in [-0.3, -0.25) is 4.72 Å². The largest absolute Gasteiger partial charge is 0.378 e. The van der Waals surface area contributed by atoms with Gasteiger partial charge in [0.1, 0.15) is 0 Å². The van der Waals surface area contributed by atoms with Gasteiger partial charge < -0.3 is 15.0 Å². The molecule has 1 saturated heterocycles. The summed E-state index contributed by atoms with van der Waals surface area (Å²) in [4.78, 5) is 2.34. The Kier molecular flexibility index (Phi) is 6.03. The Balaban J connectivity index is 1.43. The normalized spacial score (nSPS) is 14.4. The third-order valence-corrected chi connectivity index (χ3v) is 6.20. The average molecular weight is 446 g/mol. The quantitative estimate of drug-likeness (QED) is 0.599. The highest BCUT2D eigenvalue weighted by atomic mass is 35.5. The molecule has 2 heterocycles. The fraction of sp³-hybridized carbons (Fsp3) is 0.200. The number of sulfonamides is 1. The van der Waals surface area contributed by atoms with Crippen molar-refractivity contribution in [2.24, 2.45) is 0 Å². The highest BCUT2D eigenvalue weighted by molar-refractivity contribution is 7.92. The molecule has 2 aromatic carbocycles. The molecule has 1 aromatic heterocycles. The minimum atomic E-state index is -3.69. The lowest BCUT2D eigenvalue weighted by Gasteiger charge is -2.28. The Hall–Kier alpha value is -2.88. The van der Waals surface area contributed by atoms with Gasteiger partial charge in [0.25, 0.3) is 10.0 Å². The van der Waals surface area contributed by atoms with E-state index < -0.39 is 10.0 Å². The van der Waals surface area contributed by atoms with Crippen LogP contribution in [-0.4, -0.2) is 44.9 Å². The molecule has 2 N–H and O–H groups in total. The summed E-state index contributed by atoms with van der Waals surface area (Å²) >= 11 is 5.82. The number of rotatable bonds is 6. The van der Waals surface area contributed by atoms with E-state index in [0.717, 1.165) is 24.5 Å². The second-order valence-electron chi connectivity index (χ2n) is 6.66. The van der Waals surface area contributed by atoms with Crippen molar-refractivity contribution >= 4 is 44.5 Å². The molecule has 30 heavy (non-hydrogen) atoms. The molecule has 1 fully saturated rings. The summed E-state index contributed by atoms with van der Waals surface area (Å²) in [6.07, 6.45) is 1.73. The maximum Gasteiger partial charge on any atom is 0.261 e. The molecule has 8 nitrogen and oxygen atoms in total. The van der Waals surface area contributed by atoms with E-state index in [4.69, 9.17) is 16.3 Å². The third-order valence-electron chi connectivity index (χ3n) is 4.55. The molecule has 1 aliphatic heterocycles. The number of nitrogens with one attached hydrogen (secondary N) is 2. The number of morpholine rings is 1. The first kappa shape index (κ1) is 20.4. The van der Waals surface area contributed by atoms with Crippen molar-refractivity contribution < 1.29 is 13.2 Å². The predicted octanol–water partition coefficient (Wildman–Crippen LogP) is 3.51. The second-order valence-corrected chi connectivity index (χ2v) is 8.78. The van der Waals surface area contributed by atoms with Crippen LogP contribution in [0.25, 0.3) is 0 Å². The number of anilines is 4. The summed E-state index contributed by atoms with van der Waals surface area (Å²) in [5, 5.41) is 11.8. The van der Waals surface area contributed by atoms with Gasteiger partial charge in [0.05, 0.1) is 30.0 Å². The lowest BCUT2D eigenvalue weighted by atomic mass is 10.3. The van der Waals surface area contributed by atoms with Crippen LogP contribution >= 0.6 is 11.6 Å². The van der Waals surface area contributed by atoms with Crippen LogP contribution in [0.15, 0.2) is 65.7 Å². The van der Waals surface area contributed by atoms with Crippen molar-refractivity contribution in [3.05, 3.63) is 65.8 Å². The van der Waals surface area contributed by atoms with Crippen LogP contribution in [0.3, 0.4) is 0 Å². The summed E-state index contributed by atoms with van der Waals surface area (Å²) in [6.45, 7) is 3.01.